The van der Waals surface area contributed by atoms with E-state index in [0.717, 1.165) is 11.3 Å². The normalized spacial score (nSPS) is 16.2. The van der Waals surface area contributed by atoms with Gasteiger partial charge in [0.15, 0.2) is 0 Å². The van der Waals surface area contributed by atoms with Gasteiger partial charge in [0.25, 0.3) is 0 Å². The summed E-state index contributed by atoms with van der Waals surface area (Å²) in [6.07, 6.45) is 6.61. The van der Waals surface area contributed by atoms with Crippen molar-refractivity contribution in [1.29, 1.82) is 5.26 Å². The van der Waals surface area contributed by atoms with E-state index in [4.69, 9.17) is 10.2 Å². The Labute approximate surface area is 117 Å². The molecule has 1 heterocycles. The minimum atomic E-state index is 0.659. The molecule has 0 unspecified atom stereocenters. The summed E-state index contributed by atoms with van der Waals surface area (Å²) in [5.41, 5.74) is 2.77. The molecule has 0 saturated heterocycles. The second kappa shape index (κ2) is 5.54. The average Bonchev–Trinajstić information content (AvgIpc) is 2.98. The van der Waals surface area contributed by atoms with Gasteiger partial charge in [-0.3, -0.25) is 0 Å². The maximum Gasteiger partial charge on any atom is 0.0991 e. The molecule has 3 rings (SSSR count). The SMILES string of the molecule is N#Cc1cccc(-c2csc(C3CCCCC3)n2)c1. The molecule has 0 amide bonds. The van der Waals surface area contributed by atoms with E-state index >= 15 is 0 Å². The number of thiazole rings is 1. The van der Waals surface area contributed by atoms with Crippen LogP contribution in [0, 0.1) is 11.3 Å². The summed E-state index contributed by atoms with van der Waals surface area (Å²) in [7, 11) is 0. The zero-order valence-corrected chi connectivity index (χ0v) is 11.6. The Balaban J connectivity index is 1.86. The minimum absolute atomic E-state index is 0.659. The fourth-order valence-corrected chi connectivity index (χ4v) is 3.71. The predicted octanol–water partition coefficient (Wildman–Crippen LogP) is 4.73. The molecule has 1 aliphatic carbocycles. The molecule has 1 aromatic heterocycles. The molecule has 1 aliphatic rings. The van der Waals surface area contributed by atoms with Crippen molar-refractivity contribution in [3.8, 4) is 17.3 Å². The van der Waals surface area contributed by atoms with Crippen LogP contribution >= 0.6 is 11.3 Å². The number of aromatic nitrogens is 1. The molecule has 0 N–H and O–H groups in total. The number of benzene rings is 1. The molecule has 3 heteroatoms. The summed E-state index contributed by atoms with van der Waals surface area (Å²) < 4.78 is 0. The van der Waals surface area contributed by atoms with Crippen LogP contribution in [0.3, 0.4) is 0 Å². The van der Waals surface area contributed by atoms with Crippen molar-refractivity contribution in [3.05, 3.63) is 40.2 Å². The van der Waals surface area contributed by atoms with Gasteiger partial charge in [0.05, 0.1) is 22.3 Å². The van der Waals surface area contributed by atoms with Gasteiger partial charge in [-0.05, 0) is 25.0 Å². The van der Waals surface area contributed by atoms with Gasteiger partial charge in [-0.15, -0.1) is 11.3 Å². The van der Waals surface area contributed by atoms with Crippen molar-refractivity contribution in [2.75, 3.05) is 0 Å². The molecule has 2 aromatic rings. The molecule has 19 heavy (non-hydrogen) atoms. The highest BCUT2D eigenvalue weighted by molar-refractivity contribution is 7.10. The van der Waals surface area contributed by atoms with Gasteiger partial charge < -0.3 is 0 Å². The average molecular weight is 268 g/mol. The molecule has 2 nitrogen and oxygen atoms in total. The molecule has 1 saturated carbocycles. The smallest absolute Gasteiger partial charge is 0.0991 e. The topological polar surface area (TPSA) is 36.7 Å². The number of hydrogen-bond acceptors (Lipinski definition) is 3. The van der Waals surface area contributed by atoms with Gasteiger partial charge in [-0.25, -0.2) is 4.98 Å². The minimum Gasteiger partial charge on any atom is -0.241 e. The van der Waals surface area contributed by atoms with Crippen LogP contribution in [0.2, 0.25) is 0 Å². The van der Waals surface area contributed by atoms with Crippen molar-refractivity contribution in [2.45, 2.75) is 38.0 Å². The molecular weight excluding hydrogens is 252 g/mol. The summed E-state index contributed by atoms with van der Waals surface area (Å²) >= 11 is 1.77. The molecule has 0 atom stereocenters. The van der Waals surface area contributed by atoms with Gasteiger partial charge in [-0.2, -0.15) is 5.26 Å². The Morgan fingerprint density at radius 3 is 2.84 bits per heavy atom. The first-order valence-corrected chi connectivity index (χ1v) is 7.71. The van der Waals surface area contributed by atoms with Gasteiger partial charge in [0.1, 0.15) is 0 Å². The number of nitrogens with zero attached hydrogens (tertiary/aromatic N) is 2. The van der Waals surface area contributed by atoms with Crippen molar-refractivity contribution in [1.82, 2.24) is 4.98 Å². The third-order valence-corrected chi connectivity index (χ3v) is 4.77. The lowest BCUT2D eigenvalue weighted by Crippen LogP contribution is -2.03. The van der Waals surface area contributed by atoms with Gasteiger partial charge in [0.2, 0.25) is 0 Å². The van der Waals surface area contributed by atoms with Crippen molar-refractivity contribution in [3.63, 3.8) is 0 Å². The van der Waals surface area contributed by atoms with Gasteiger partial charge in [0, 0.05) is 16.9 Å². The van der Waals surface area contributed by atoms with E-state index in [1.54, 1.807) is 11.3 Å². The van der Waals surface area contributed by atoms with Crippen LogP contribution in [-0.4, -0.2) is 4.98 Å². The highest BCUT2D eigenvalue weighted by Crippen LogP contribution is 2.35. The summed E-state index contributed by atoms with van der Waals surface area (Å²) in [4.78, 5) is 4.79. The van der Waals surface area contributed by atoms with Crippen LogP contribution in [0.25, 0.3) is 11.3 Å². The van der Waals surface area contributed by atoms with Crippen molar-refractivity contribution >= 4 is 11.3 Å². The summed E-state index contributed by atoms with van der Waals surface area (Å²) in [6.45, 7) is 0. The first-order chi connectivity index (χ1) is 9.36. The fourth-order valence-electron chi connectivity index (χ4n) is 2.71. The summed E-state index contributed by atoms with van der Waals surface area (Å²) in [5.74, 6) is 0.659. The van der Waals surface area contributed by atoms with Crippen LogP contribution in [0.5, 0.6) is 0 Å². The Kier molecular flexibility index (Phi) is 3.61. The predicted molar refractivity (Wildman–Crippen MR) is 78.1 cm³/mol. The first-order valence-electron chi connectivity index (χ1n) is 6.83. The molecular formula is C16H16N2S. The van der Waals surface area contributed by atoms with E-state index < -0.39 is 0 Å². The lowest BCUT2D eigenvalue weighted by molar-refractivity contribution is 0.442. The van der Waals surface area contributed by atoms with Crippen LogP contribution in [0.4, 0.5) is 0 Å². The Morgan fingerprint density at radius 2 is 2.05 bits per heavy atom. The highest BCUT2D eigenvalue weighted by Gasteiger charge is 2.18. The van der Waals surface area contributed by atoms with E-state index in [0.29, 0.717) is 11.5 Å². The van der Waals surface area contributed by atoms with E-state index in [2.05, 4.69) is 11.4 Å². The molecule has 0 radical (unpaired) electrons. The van der Waals surface area contributed by atoms with Crippen molar-refractivity contribution < 1.29 is 0 Å². The number of nitriles is 1. The Bertz CT molecular complexity index is 603. The van der Waals surface area contributed by atoms with Crippen molar-refractivity contribution in [2.24, 2.45) is 0 Å². The second-order valence-corrected chi connectivity index (χ2v) is 5.99. The van der Waals surface area contributed by atoms with E-state index in [1.165, 1.54) is 37.1 Å². The van der Waals surface area contributed by atoms with Gasteiger partial charge >= 0.3 is 0 Å². The van der Waals surface area contributed by atoms with Crippen LogP contribution in [0.15, 0.2) is 29.6 Å². The Hall–Kier alpha value is -1.66. The van der Waals surface area contributed by atoms with E-state index in [-0.39, 0.29) is 0 Å². The quantitative estimate of drug-likeness (QED) is 0.789. The standard InChI is InChI=1S/C16H16N2S/c17-10-12-5-4-8-14(9-12)15-11-19-16(18-15)13-6-2-1-3-7-13/h4-5,8-9,11,13H,1-3,6-7H2. The largest absolute Gasteiger partial charge is 0.241 e. The summed E-state index contributed by atoms with van der Waals surface area (Å²) in [6, 6.07) is 9.88. The third-order valence-electron chi connectivity index (χ3n) is 3.76. The maximum atomic E-state index is 8.95. The zero-order valence-electron chi connectivity index (χ0n) is 10.8. The molecule has 1 fully saturated rings. The zero-order chi connectivity index (χ0) is 13.1. The number of hydrogen-bond donors (Lipinski definition) is 0. The van der Waals surface area contributed by atoms with Crippen LogP contribution in [0.1, 0.15) is 48.6 Å². The molecule has 1 aromatic carbocycles. The lowest BCUT2D eigenvalue weighted by Gasteiger charge is -2.18. The monoisotopic (exact) mass is 268 g/mol. The molecule has 0 spiro atoms. The highest BCUT2D eigenvalue weighted by atomic mass is 32.1. The molecule has 0 aliphatic heterocycles. The third kappa shape index (κ3) is 2.69. The van der Waals surface area contributed by atoms with Crippen LogP contribution in [-0.2, 0) is 0 Å². The maximum absolute atomic E-state index is 8.95. The van der Waals surface area contributed by atoms with Gasteiger partial charge in [-0.1, -0.05) is 31.4 Å². The molecule has 96 valence electrons. The van der Waals surface area contributed by atoms with Crippen LogP contribution < -0.4 is 0 Å². The number of rotatable bonds is 2. The summed E-state index contributed by atoms with van der Waals surface area (Å²) in [5, 5.41) is 12.4. The Morgan fingerprint density at radius 1 is 1.21 bits per heavy atom. The first kappa shape index (κ1) is 12.4. The van der Waals surface area contributed by atoms with E-state index in [1.807, 2.05) is 24.3 Å². The molecule has 0 bridgehead atoms. The fraction of sp³-hybridized carbons (Fsp3) is 0.375. The lowest BCUT2D eigenvalue weighted by atomic mass is 9.90. The second-order valence-electron chi connectivity index (χ2n) is 5.10. The van der Waals surface area contributed by atoms with E-state index in [9.17, 15) is 0 Å².